The maximum Gasteiger partial charge on any atom is 0.223 e. The Morgan fingerprint density at radius 3 is 2.43 bits per heavy atom. The van der Waals surface area contributed by atoms with Gasteiger partial charge in [-0.15, -0.1) is 0 Å². The predicted molar refractivity (Wildman–Crippen MR) is 79.3 cm³/mol. The molecule has 1 amide bonds. The predicted octanol–water partition coefficient (Wildman–Crippen LogP) is -1.02. The lowest BCUT2D eigenvalue weighted by molar-refractivity contribution is -0.133. The summed E-state index contributed by atoms with van der Waals surface area (Å²) in [6, 6.07) is 0.245. The Balaban J connectivity index is 1.72. The smallest absolute Gasteiger partial charge is 0.223 e. The molecule has 0 spiro atoms. The van der Waals surface area contributed by atoms with Crippen LogP contribution in [0, 0.1) is 0 Å². The van der Waals surface area contributed by atoms with Crippen LogP contribution in [0.4, 0.5) is 0 Å². The van der Waals surface area contributed by atoms with Crippen molar-refractivity contribution in [3.05, 3.63) is 0 Å². The Kier molecular flexibility index (Phi) is 5.59. The summed E-state index contributed by atoms with van der Waals surface area (Å²) in [4.78, 5) is 16.1. The van der Waals surface area contributed by atoms with Gasteiger partial charge < -0.3 is 10.0 Å². The molecule has 122 valence electrons. The lowest BCUT2D eigenvalue weighted by atomic mass is 10.1. The summed E-state index contributed by atoms with van der Waals surface area (Å²) in [5, 5.41) is 9.92. The van der Waals surface area contributed by atoms with Gasteiger partial charge in [0.2, 0.25) is 15.9 Å². The molecular weight excluding hydrogens is 294 g/mol. The van der Waals surface area contributed by atoms with Crippen LogP contribution in [-0.2, 0) is 14.8 Å². The number of nitrogens with one attached hydrogen (secondary N) is 1. The molecule has 2 rings (SSSR count). The average molecular weight is 319 g/mol. The first-order chi connectivity index (χ1) is 9.87. The van der Waals surface area contributed by atoms with Crippen LogP contribution in [0.5, 0.6) is 0 Å². The quantitative estimate of drug-likeness (QED) is 0.677. The monoisotopic (exact) mass is 319 g/mol. The molecule has 2 fully saturated rings. The minimum absolute atomic E-state index is 0.0160. The molecule has 8 heteroatoms. The average Bonchev–Trinajstić information content (AvgIpc) is 2.83. The second kappa shape index (κ2) is 7.04. The van der Waals surface area contributed by atoms with Gasteiger partial charge in [0.1, 0.15) is 0 Å². The second-order valence-electron chi connectivity index (χ2n) is 5.90. The Bertz CT molecular complexity index is 460. The number of piperazine rings is 1. The van der Waals surface area contributed by atoms with Crippen molar-refractivity contribution >= 4 is 15.9 Å². The van der Waals surface area contributed by atoms with Gasteiger partial charge in [-0.25, -0.2) is 13.1 Å². The molecule has 0 aromatic carbocycles. The van der Waals surface area contributed by atoms with E-state index < -0.39 is 10.0 Å². The fourth-order valence-corrected chi connectivity index (χ4v) is 3.62. The van der Waals surface area contributed by atoms with Gasteiger partial charge in [0.15, 0.2) is 0 Å². The van der Waals surface area contributed by atoms with E-state index in [0.29, 0.717) is 13.1 Å². The fraction of sp³-hybridized carbons (Fsp3) is 0.923. The van der Waals surface area contributed by atoms with Crippen LogP contribution in [0.15, 0.2) is 0 Å². The van der Waals surface area contributed by atoms with Gasteiger partial charge in [-0.2, -0.15) is 0 Å². The van der Waals surface area contributed by atoms with Crippen molar-refractivity contribution in [3.8, 4) is 0 Å². The summed E-state index contributed by atoms with van der Waals surface area (Å²) < 4.78 is 24.2. The molecule has 0 radical (unpaired) electrons. The number of nitrogens with zero attached hydrogens (tertiary/aromatic N) is 2. The maximum absolute atomic E-state index is 12.0. The van der Waals surface area contributed by atoms with Crippen molar-refractivity contribution < 1.29 is 18.3 Å². The highest BCUT2D eigenvalue weighted by Crippen LogP contribution is 2.25. The van der Waals surface area contributed by atoms with E-state index in [-0.39, 0.29) is 31.0 Å². The van der Waals surface area contributed by atoms with Crippen LogP contribution in [0.2, 0.25) is 0 Å². The highest BCUT2D eigenvalue weighted by molar-refractivity contribution is 7.88. The third-order valence-electron chi connectivity index (χ3n) is 4.28. The molecule has 1 aliphatic carbocycles. The van der Waals surface area contributed by atoms with E-state index >= 15 is 0 Å². The zero-order valence-electron chi connectivity index (χ0n) is 12.5. The molecule has 0 aromatic rings. The Morgan fingerprint density at radius 1 is 1.24 bits per heavy atom. The molecular formula is C13H25N3O4S. The molecule has 1 heterocycles. The molecule has 1 saturated carbocycles. The molecule has 21 heavy (non-hydrogen) atoms. The van der Waals surface area contributed by atoms with E-state index in [1.165, 1.54) is 0 Å². The third-order valence-corrected chi connectivity index (χ3v) is 5.01. The highest BCUT2D eigenvalue weighted by atomic mass is 32.2. The fourth-order valence-electron chi connectivity index (χ4n) is 3.15. The van der Waals surface area contributed by atoms with E-state index in [2.05, 4.69) is 9.62 Å². The lowest BCUT2D eigenvalue weighted by Gasteiger charge is -2.39. The number of sulfonamides is 1. The SMILES string of the molecule is CS(=O)(=O)NCCC(=O)N1CCN([C@H]2CCC[C@H]2O)CC1. The topological polar surface area (TPSA) is 90.0 Å². The minimum Gasteiger partial charge on any atom is -0.391 e. The zero-order valence-corrected chi connectivity index (χ0v) is 13.3. The first-order valence-electron chi connectivity index (χ1n) is 7.51. The number of carbonyl (C=O) groups is 1. The molecule has 2 aliphatic rings. The summed E-state index contributed by atoms with van der Waals surface area (Å²) in [5.74, 6) is -0.0160. The molecule has 1 saturated heterocycles. The van der Waals surface area contributed by atoms with Crippen molar-refractivity contribution in [2.75, 3.05) is 39.0 Å². The summed E-state index contributed by atoms with van der Waals surface area (Å²) in [7, 11) is -3.23. The maximum atomic E-state index is 12.0. The van der Waals surface area contributed by atoms with Crippen molar-refractivity contribution in [1.29, 1.82) is 0 Å². The molecule has 7 nitrogen and oxygen atoms in total. The summed E-state index contributed by atoms with van der Waals surface area (Å²) in [6.07, 6.45) is 4.03. The van der Waals surface area contributed by atoms with Crippen LogP contribution in [-0.4, -0.2) is 80.4 Å². The van der Waals surface area contributed by atoms with E-state index in [0.717, 1.165) is 38.6 Å². The van der Waals surface area contributed by atoms with Gasteiger partial charge in [-0.3, -0.25) is 9.69 Å². The molecule has 0 bridgehead atoms. The number of aliphatic hydroxyl groups excluding tert-OH is 1. The van der Waals surface area contributed by atoms with Gasteiger partial charge >= 0.3 is 0 Å². The van der Waals surface area contributed by atoms with E-state index in [4.69, 9.17) is 0 Å². The summed E-state index contributed by atoms with van der Waals surface area (Å²) >= 11 is 0. The lowest BCUT2D eigenvalue weighted by Crippen LogP contribution is -2.53. The molecule has 0 aromatic heterocycles. The Hall–Kier alpha value is -0.700. The molecule has 0 unspecified atom stereocenters. The largest absolute Gasteiger partial charge is 0.391 e. The van der Waals surface area contributed by atoms with Gasteiger partial charge in [-0.1, -0.05) is 0 Å². The van der Waals surface area contributed by atoms with Crippen molar-refractivity contribution in [1.82, 2.24) is 14.5 Å². The molecule has 1 aliphatic heterocycles. The van der Waals surface area contributed by atoms with E-state index in [1.54, 1.807) is 4.90 Å². The number of aliphatic hydroxyl groups is 1. The van der Waals surface area contributed by atoms with E-state index in [9.17, 15) is 18.3 Å². The second-order valence-corrected chi connectivity index (χ2v) is 7.73. The number of rotatable bonds is 5. The van der Waals surface area contributed by atoms with Crippen LogP contribution >= 0.6 is 0 Å². The van der Waals surface area contributed by atoms with Crippen LogP contribution < -0.4 is 4.72 Å². The first kappa shape index (κ1) is 16.7. The van der Waals surface area contributed by atoms with Gasteiger partial charge in [0, 0.05) is 45.2 Å². The normalized spacial score (nSPS) is 28.0. The van der Waals surface area contributed by atoms with Crippen molar-refractivity contribution in [2.24, 2.45) is 0 Å². The van der Waals surface area contributed by atoms with Crippen LogP contribution in [0.1, 0.15) is 25.7 Å². The van der Waals surface area contributed by atoms with Gasteiger partial charge in [-0.05, 0) is 19.3 Å². The number of hydrogen-bond donors (Lipinski definition) is 2. The first-order valence-corrected chi connectivity index (χ1v) is 9.40. The number of carbonyl (C=O) groups excluding carboxylic acids is 1. The van der Waals surface area contributed by atoms with Gasteiger partial charge in [0.05, 0.1) is 12.4 Å². The van der Waals surface area contributed by atoms with Crippen LogP contribution in [0.25, 0.3) is 0 Å². The van der Waals surface area contributed by atoms with Crippen LogP contribution in [0.3, 0.4) is 0 Å². The van der Waals surface area contributed by atoms with Crippen molar-refractivity contribution in [2.45, 2.75) is 37.8 Å². The van der Waals surface area contributed by atoms with Crippen molar-refractivity contribution in [3.63, 3.8) is 0 Å². The standard InChI is InChI=1S/C13H25N3O4S/c1-21(19,20)14-6-5-13(18)16-9-7-15(8-10-16)11-3-2-4-12(11)17/h11-12,14,17H,2-10H2,1H3/t11-,12+/m0/s1. The Labute approximate surface area is 126 Å². The third kappa shape index (κ3) is 4.91. The highest BCUT2D eigenvalue weighted by Gasteiger charge is 2.33. The summed E-state index contributed by atoms with van der Waals surface area (Å²) in [5.41, 5.74) is 0. The Morgan fingerprint density at radius 2 is 1.90 bits per heavy atom. The number of amides is 1. The molecule has 2 atom stereocenters. The number of hydrogen-bond acceptors (Lipinski definition) is 5. The summed E-state index contributed by atoms with van der Waals surface area (Å²) in [6.45, 7) is 3.03. The zero-order chi connectivity index (χ0) is 15.5. The van der Waals surface area contributed by atoms with E-state index in [1.807, 2.05) is 0 Å². The van der Waals surface area contributed by atoms with Gasteiger partial charge in [0.25, 0.3) is 0 Å². The minimum atomic E-state index is -3.23. The molecule has 2 N–H and O–H groups in total.